The van der Waals surface area contributed by atoms with Gasteiger partial charge in [-0.2, -0.15) is 0 Å². The van der Waals surface area contributed by atoms with Crippen molar-refractivity contribution < 1.29 is 9.53 Å². The zero-order valence-electron chi connectivity index (χ0n) is 16.4. The van der Waals surface area contributed by atoms with E-state index in [4.69, 9.17) is 4.74 Å². The average Bonchev–Trinajstić information content (AvgIpc) is 2.44. The zero-order valence-corrected chi connectivity index (χ0v) is 16.4. The van der Waals surface area contributed by atoms with E-state index in [9.17, 15) is 4.79 Å². The highest BCUT2D eigenvalue weighted by molar-refractivity contribution is 5.79. The molecule has 0 atom stereocenters. The van der Waals surface area contributed by atoms with Crippen LogP contribution in [-0.2, 0) is 11.3 Å². The molecule has 3 N–H and O–H groups in total. The molecule has 1 aromatic heterocycles. The first-order chi connectivity index (χ1) is 11.5. The van der Waals surface area contributed by atoms with Gasteiger partial charge in [0, 0.05) is 19.3 Å². The summed E-state index contributed by atoms with van der Waals surface area (Å²) in [6, 6.07) is 5.89. The second-order valence-corrected chi connectivity index (χ2v) is 7.56. The minimum absolute atomic E-state index is 0.439. The number of aliphatic imine (C=N–C) groups is 1. The number of nitrogens with zero attached hydrogens (tertiary/aromatic N) is 2. The predicted octanol–water partition coefficient (Wildman–Crippen LogP) is 2.36. The molecule has 0 fully saturated rings. The van der Waals surface area contributed by atoms with Crippen molar-refractivity contribution in [3.63, 3.8) is 0 Å². The van der Waals surface area contributed by atoms with E-state index in [0.717, 1.165) is 11.4 Å². The molecule has 0 bridgehead atoms. The quantitative estimate of drug-likeness (QED) is 0.561. The van der Waals surface area contributed by atoms with E-state index in [2.05, 4.69) is 25.9 Å². The number of amides is 1. The maximum atomic E-state index is 11.9. The van der Waals surface area contributed by atoms with Crippen LogP contribution in [0.5, 0.6) is 0 Å². The molecule has 140 valence electrons. The summed E-state index contributed by atoms with van der Waals surface area (Å²) in [6.45, 7) is 12.4. The molecule has 25 heavy (non-hydrogen) atoms. The second-order valence-electron chi connectivity index (χ2n) is 7.56. The van der Waals surface area contributed by atoms with Gasteiger partial charge in [-0.15, -0.1) is 0 Å². The number of carbonyl (C=O) groups is 1. The fourth-order valence-electron chi connectivity index (χ4n) is 2.02. The van der Waals surface area contributed by atoms with Gasteiger partial charge < -0.3 is 20.7 Å². The molecule has 0 aromatic carbocycles. The Balaban J connectivity index is 2.48. The number of alkyl carbamates (subject to hydrolysis) is 1. The Morgan fingerprint density at radius 1 is 1.20 bits per heavy atom. The molecular formula is C18H31N5O2. The van der Waals surface area contributed by atoms with Gasteiger partial charge in [-0.25, -0.2) is 4.79 Å². The standard InChI is InChI=1S/C18H31N5O2/c1-13-9-8-10-14(22-13)11-20-15(19-7)21-12-18(5,6)23-16(24)25-17(2,3)4/h8-10H,11-12H2,1-7H3,(H,23,24)(H2,19,20,21). The van der Waals surface area contributed by atoms with Crippen LogP contribution >= 0.6 is 0 Å². The molecule has 0 aliphatic carbocycles. The molecule has 1 heterocycles. The van der Waals surface area contributed by atoms with Crippen molar-refractivity contribution in [1.82, 2.24) is 20.9 Å². The summed E-state index contributed by atoms with van der Waals surface area (Å²) in [5, 5.41) is 9.27. The topological polar surface area (TPSA) is 87.6 Å². The Morgan fingerprint density at radius 3 is 2.44 bits per heavy atom. The Labute approximate surface area is 150 Å². The van der Waals surface area contributed by atoms with Gasteiger partial charge in [0.25, 0.3) is 0 Å². The van der Waals surface area contributed by atoms with E-state index < -0.39 is 17.2 Å². The van der Waals surface area contributed by atoms with Crippen LogP contribution in [0.1, 0.15) is 46.0 Å². The number of nitrogens with one attached hydrogen (secondary N) is 3. The fourth-order valence-corrected chi connectivity index (χ4v) is 2.02. The van der Waals surface area contributed by atoms with E-state index in [1.54, 1.807) is 7.05 Å². The van der Waals surface area contributed by atoms with Crippen molar-refractivity contribution in [3.8, 4) is 0 Å². The number of aryl methyl sites for hydroxylation is 1. The van der Waals surface area contributed by atoms with Crippen LogP contribution in [0.25, 0.3) is 0 Å². The molecule has 1 aromatic rings. The maximum absolute atomic E-state index is 11.9. The van der Waals surface area contributed by atoms with Crippen molar-refractivity contribution in [3.05, 3.63) is 29.6 Å². The van der Waals surface area contributed by atoms with Crippen LogP contribution in [0.4, 0.5) is 4.79 Å². The number of hydrogen-bond donors (Lipinski definition) is 3. The molecule has 0 aliphatic heterocycles. The SMILES string of the molecule is CN=C(NCc1cccc(C)n1)NCC(C)(C)NC(=O)OC(C)(C)C. The minimum atomic E-state index is -0.522. The maximum Gasteiger partial charge on any atom is 0.408 e. The summed E-state index contributed by atoms with van der Waals surface area (Å²) in [6.07, 6.45) is -0.439. The molecule has 7 heteroatoms. The van der Waals surface area contributed by atoms with Gasteiger partial charge in [0.2, 0.25) is 0 Å². The summed E-state index contributed by atoms with van der Waals surface area (Å²) in [5.41, 5.74) is 0.895. The summed E-state index contributed by atoms with van der Waals surface area (Å²) in [4.78, 5) is 20.5. The lowest BCUT2D eigenvalue weighted by Gasteiger charge is -2.29. The fraction of sp³-hybridized carbons (Fsp3) is 0.611. The van der Waals surface area contributed by atoms with Crippen LogP contribution in [0, 0.1) is 6.92 Å². The third-order valence-electron chi connectivity index (χ3n) is 3.14. The monoisotopic (exact) mass is 349 g/mol. The van der Waals surface area contributed by atoms with Crippen molar-refractivity contribution in [2.75, 3.05) is 13.6 Å². The van der Waals surface area contributed by atoms with Crippen LogP contribution in [0.3, 0.4) is 0 Å². The van der Waals surface area contributed by atoms with Crippen molar-refractivity contribution in [2.45, 2.75) is 59.2 Å². The van der Waals surface area contributed by atoms with Gasteiger partial charge in [-0.3, -0.25) is 9.98 Å². The molecule has 0 unspecified atom stereocenters. The van der Waals surface area contributed by atoms with Crippen LogP contribution < -0.4 is 16.0 Å². The first kappa shape index (κ1) is 20.7. The first-order valence-electron chi connectivity index (χ1n) is 8.39. The molecule has 1 amide bonds. The number of carbonyl (C=O) groups excluding carboxylic acids is 1. The molecule has 7 nitrogen and oxygen atoms in total. The highest BCUT2D eigenvalue weighted by Gasteiger charge is 2.24. The smallest absolute Gasteiger partial charge is 0.408 e. The minimum Gasteiger partial charge on any atom is -0.444 e. The Morgan fingerprint density at radius 2 is 1.88 bits per heavy atom. The molecule has 1 rings (SSSR count). The Hall–Kier alpha value is -2.31. The number of hydrogen-bond acceptors (Lipinski definition) is 4. The molecule has 0 saturated heterocycles. The highest BCUT2D eigenvalue weighted by Crippen LogP contribution is 2.09. The Bertz CT molecular complexity index is 606. The lowest BCUT2D eigenvalue weighted by Crippen LogP contribution is -2.54. The van der Waals surface area contributed by atoms with Crippen molar-refractivity contribution in [2.24, 2.45) is 4.99 Å². The zero-order chi connectivity index (χ0) is 19.1. The Kier molecular flexibility index (Phi) is 7.21. The van der Waals surface area contributed by atoms with Crippen molar-refractivity contribution in [1.29, 1.82) is 0 Å². The number of aromatic nitrogens is 1. The largest absolute Gasteiger partial charge is 0.444 e. The van der Waals surface area contributed by atoms with Crippen LogP contribution in [-0.4, -0.2) is 41.8 Å². The van der Waals surface area contributed by atoms with Gasteiger partial charge in [0.1, 0.15) is 5.60 Å². The van der Waals surface area contributed by atoms with Crippen LogP contribution in [0.15, 0.2) is 23.2 Å². The molecule has 0 saturated carbocycles. The van der Waals surface area contributed by atoms with Crippen LogP contribution in [0.2, 0.25) is 0 Å². The van der Waals surface area contributed by atoms with E-state index in [0.29, 0.717) is 19.0 Å². The summed E-state index contributed by atoms with van der Waals surface area (Å²) in [7, 11) is 1.70. The summed E-state index contributed by atoms with van der Waals surface area (Å²) < 4.78 is 5.29. The van der Waals surface area contributed by atoms with E-state index in [1.165, 1.54) is 0 Å². The molecule has 0 aliphatic rings. The van der Waals surface area contributed by atoms with Crippen molar-refractivity contribution >= 4 is 12.1 Å². The van der Waals surface area contributed by atoms with E-state index >= 15 is 0 Å². The predicted molar refractivity (Wildman–Crippen MR) is 101 cm³/mol. The number of ether oxygens (including phenoxy) is 1. The summed E-state index contributed by atoms with van der Waals surface area (Å²) >= 11 is 0. The van der Waals surface area contributed by atoms with Gasteiger partial charge in [-0.1, -0.05) is 6.07 Å². The van der Waals surface area contributed by atoms with Gasteiger partial charge in [0.15, 0.2) is 5.96 Å². The van der Waals surface area contributed by atoms with Gasteiger partial charge >= 0.3 is 6.09 Å². The second kappa shape index (κ2) is 8.69. The lowest BCUT2D eigenvalue weighted by atomic mass is 10.1. The third-order valence-corrected chi connectivity index (χ3v) is 3.14. The number of guanidine groups is 1. The lowest BCUT2D eigenvalue weighted by molar-refractivity contribution is 0.0474. The van der Waals surface area contributed by atoms with Gasteiger partial charge in [-0.05, 0) is 53.7 Å². The normalized spacial score (nSPS) is 12.5. The third kappa shape index (κ3) is 8.93. The van der Waals surface area contributed by atoms with E-state index in [-0.39, 0.29) is 0 Å². The number of rotatable bonds is 5. The average molecular weight is 349 g/mol. The molecule has 0 radical (unpaired) electrons. The van der Waals surface area contributed by atoms with Gasteiger partial charge in [0.05, 0.1) is 17.8 Å². The molecule has 0 spiro atoms. The number of pyridine rings is 1. The molecular weight excluding hydrogens is 318 g/mol. The first-order valence-corrected chi connectivity index (χ1v) is 8.39. The van der Waals surface area contributed by atoms with E-state index in [1.807, 2.05) is 59.7 Å². The summed E-state index contributed by atoms with van der Waals surface area (Å²) in [5.74, 6) is 0.641. The highest BCUT2D eigenvalue weighted by atomic mass is 16.6.